The largest absolute Gasteiger partial charge is 0.503 e. The highest BCUT2D eigenvalue weighted by Gasteiger charge is 2.43. The molecule has 2 rings (SSSR count). The average molecular weight is 344 g/mol. The highest BCUT2D eigenvalue weighted by Crippen LogP contribution is 2.40. The van der Waals surface area contributed by atoms with Crippen LogP contribution in [0.25, 0.3) is 0 Å². The fraction of sp³-hybridized carbons (Fsp3) is 0.214. The number of carbonyl (C=O) groups is 3. The summed E-state index contributed by atoms with van der Waals surface area (Å²) in [6.07, 6.45) is 0. The Bertz CT molecular complexity index is 713. The van der Waals surface area contributed by atoms with Crippen molar-refractivity contribution in [3.8, 4) is 0 Å². The van der Waals surface area contributed by atoms with E-state index in [1.807, 2.05) is 0 Å². The predicted molar refractivity (Wildman–Crippen MR) is 78.9 cm³/mol. The molecular formula is C14H11Cl2NO5. The Balaban J connectivity index is 2.61. The van der Waals surface area contributed by atoms with Crippen LogP contribution in [0.2, 0.25) is 10.0 Å². The lowest BCUT2D eigenvalue weighted by Crippen LogP contribution is -2.35. The van der Waals surface area contributed by atoms with Gasteiger partial charge in [0.25, 0.3) is 5.91 Å². The highest BCUT2D eigenvalue weighted by molar-refractivity contribution is 6.35. The van der Waals surface area contributed by atoms with Gasteiger partial charge in [0, 0.05) is 10.0 Å². The summed E-state index contributed by atoms with van der Waals surface area (Å²) in [4.78, 5) is 35.7. The second-order valence-electron chi connectivity index (χ2n) is 4.71. The zero-order chi connectivity index (χ0) is 16.6. The molecule has 6 nitrogen and oxygen atoms in total. The summed E-state index contributed by atoms with van der Waals surface area (Å²) in [5.74, 6) is -3.51. The molecule has 1 amide bonds. The Labute approximate surface area is 135 Å². The quantitative estimate of drug-likeness (QED) is 0.874. The topological polar surface area (TPSA) is 94.9 Å². The summed E-state index contributed by atoms with van der Waals surface area (Å²) in [7, 11) is 0. The highest BCUT2D eigenvalue weighted by atomic mass is 35.5. The van der Waals surface area contributed by atoms with Crippen LogP contribution in [0, 0.1) is 0 Å². The fourth-order valence-corrected chi connectivity index (χ4v) is 2.88. The number of nitrogens with zero attached hydrogens (tertiary/aromatic N) is 1. The summed E-state index contributed by atoms with van der Waals surface area (Å²) in [5.41, 5.74) is 0.130. The number of halogens is 2. The summed E-state index contributed by atoms with van der Waals surface area (Å²) in [6, 6.07) is 3.33. The van der Waals surface area contributed by atoms with E-state index in [0.29, 0.717) is 10.6 Å². The molecular weight excluding hydrogens is 333 g/mol. The van der Waals surface area contributed by atoms with Crippen molar-refractivity contribution in [3.05, 3.63) is 45.1 Å². The maximum absolute atomic E-state index is 12.1. The van der Waals surface area contributed by atoms with Gasteiger partial charge >= 0.3 is 5.97 Å². The lowest BCUT2D eigenvalue weighted by atomic mass is 9.96. The Kier molecular flexibility index (Phi) is 4.44. The molecule has 0 fully saturated rings. The number of carboxylic acid groups (broad SMARTS) is 1. The van der Waals surface area contributed by atoms with Crippen LogP contribution in [0.5, 0.6) is 0 Å². The Morgan fingerprint density at radius 3 is 2.45 bits per heavy atom. The Hall–Kier alpha value is -2.05. The minimum absolute atomic E-state index is 0.161. The third-order valence-corrected chi connectivity index (χ3v) is 3.81. The maximum atomic E-state index is 12.1. The average Bonchev–Trinajstić information content (AvgIpc) is 2.63. The molecule has 22 heavy (non-hydrogen) atoms. The summed E-state index contributed by atoms with van der Waals surface area (Å²) in [5, 5.41) is 19.4. The zero-order valence-corrected chi connectivity index (χ0v) is 12.9. The minimum Gasteiger partial charge on any atom is -0.503 e. The second-order valence-corrected chi connectivity index (χ2v) is 5.56. The van der Waals surface area contributed by atoms with E-state index in [-0.39, 0.29) is 10.6 Å². The van der Waals surface area contributed by atoms with Gasteiger partial charge in [-0.1, -0.05) is 29.3 Å². The molecule has 1 atom stereocenters. The predicted octanol–water partition coefficient (Wildman–Crippen LogP) is 2.36. The lowest BCUT2D eigenvalue weighted by molar-refractivity contribution is -0.144. The number of hydrogen-bond donors (Lipinski definition) is 2. The number of Topliss-reactive ketones (excluding diaryl/α,β-unsaturated/α-hetero) is 1. The van der Waals surface area contributed by atoms with Gasteiger partial charge in [0.2, 0.25) is 0 Å². The first-order valence-corrected chi connectivity index (χ1v) is 6.91. The van der Waals surface area contributed by atoms with Crippen molar-refractivity contribution in [2.75, 3.05) is 6.54 Å². The van der Waals surface area contributed by atoms with Crippen molar-refractivity contribution in [1.82, 2.24) is 4.90 Å². The molecule has 8 heteroatoms. The van der Waals surface area contributed by atoms with E-state index in [1.54, 1.807) is 0 Å². The zero-order valence-electron chi connectivity index (χ0n) is 11.3. The number of ketones is 1. The molecule has 1 heterocycles. The van der Waals surface area contributed by atoms with Crippen molar-refractivity contribution in [3.63, 3.8) is 0 Å². The molecule has 116 valence electrons. The van der Waals surface area contributed by atoms with Crippen molar-refractivity contribution in [2.45, 2.75) is 13.0 Å². The number of benzene rings is 1. The third kappa shape index (κ3) is 2.80. The molecule has 0 radical (unpaired) electrons. The van der Waals surface area contributed by atoms with Gasteiger partial charge in [-0.05, 0) is 24.6 Å². The van der Waals surface area contributed by atoms with Gasteiger partial charge in [-0.2, -0.15) is 0 Å². The molecule has 0 spiro atoms. The number of carbonyl (C=O) groups excluding carboxylic acids is 2. The smallest absolute Gasteiger partial charge is 0.323 e. The third-order valence-electron chi connectivity index (χ3n) is 3.25. The molecule has 1 aromatic rings. The summed E-state index contributed by atoms with van der Waals surface area (Å²) in [6.45, 7) is 0.503. The van der Waals surface area contributed by atoms with Gasteiger partial charge in [0.05, 0.1) is 11.6 Å². The molecule has 0 saturated carbocycles. The molecule has 0 aromatic heterocycles. The normalized spacial score (nSPS) is 18.0. The van der Waals surface area contributed by atoms with E-state index in [2.05, 4.69) is 0 Å². The monoisotopic (exact) mass is 343 g/mol. The van der Waals surface area contributed by atoms with E-state index >= 15 is 0 Å². The van der Waals surface area contributed by atoms with Crippen molar-refractivity contribution in [2.24, 2.45) is 0 Å². The number of rotatable bonds is 4. The molecule has 1 aromatic carbocycles. The van der Waals surface area contributed by atoms with E-state index in [4.69, 9.17) is 28.3 Å². The number of carboxylic acids is 1. The van der Waals surface area contributed by atoms with Crippen LogP contribution < -0.4 is 0 Å². The molecule has 2 N–H and O–H groups in total. The number of aliphatic hydroxyl groups is 1. The van der Waals surface area contributed by atoms with Crippen LogP contribution in [0.1, 0.15) is 18.5 Å². The van der Waals surface area contributed by atoms with Gasteiger partial charge in [0.15, 0.2) is 11.5 Å². The number of amides is 1. The number of aliphatic hydroxyl groups excluding tert-OH is 1. The lowest BCUT2D eigenvalue weighted by Gasteiger charge is -2.25. The first kappa shape index (κ1) is 16.3. The fourth-order valence-electron chi connectivity index (χ4n) is 2.37. The first-order valence-electron chi connectivity index (χ1n) is 6.15. The van der Waals surface area contributed by atoms with Crippen LogP contribution in [-0.2, 0) is 14.4 Å². The molecule has 0 aliphatic carbocycles. The van der Waals surface area contributed by atoms with Gasteiger partial charge in [0.1, 0.15) is 6.54 Å². The van der Waals surface area contributed by atoms with E-state index in [0.717, 1.165) is 4.90 Å². The first-order chi connectivity index (χ1) is 10.2. The van der Waals surface area contributed by atoms with Crippen LogP contribution in [0.3, 0.4) is 0 Å². The second kappa shape index (κ2) is 5.98. The van der Waals surface area contributed by atoms with E-state index in [1.165, 1.54) is 25.1 Å². The molecule has 1 aliphatic rings. The standard InChI is InChI=1S/C14H11Cl2NO5/c1-6(18)11-12(8-3-2-7(15)4-9(8)16)17(5-10(19)20)14(22)13(11)21/h2-4,12,21H,5H2,1H3,(H,19,20)/t12-/m1/s1. The Morgan fingerprint density at radius 2 is 1.95 bits per heavy atom. The van der Waals surface area contributed by atoms with Gasteiger partial charge in [-0.25, -0.2) is 0 Å². The van der Waals surface area contributed by atoms with Crippen molar-refractivity contribution < 1.29 is 24.6 Å². The minimum atomic E-state index is -1.28. The molecule has 1 aliphatic heterocycles. The van der Waals surface area contributed by atoms with Crippen LogP contribution in [0.4, 0.5) is 0 Å². The van der Waals surface area contributed by atoms with Crippen LogP contribution >= 0.6 is 23.2 Å². The van der Waals surface area contributed by atoms with Crippen LogP contribution in [0.15, 0.2) is 29.5 Å². The molecule has 0 saturated heterocycles. The van der Waals surface area contributed by atoms with Crippen molar-refractivity contribution >= 4 is 40.9 Å². The van der Waals surface area contributed by atoms with Crippen LogP contribution in [-0.4, -0.2) is 39.3 Å². The summed E-state index contributed by atoms with van der Waals surface area (Å²) >= 11 is 11.9. The maximum Gasteiger partial charge on any atom is 0.323 e. The van der Waals surface area contributed by atoms with E-state index < -0.39 is 36.0 Å². The SMILES string of the molecule is CC(=O)C1=C(O)C(=O)N(CC(=O)O)[C@@H]1c1ccc(Cl)cc1Cl. The molecule has 0 unspecified atom stereocenters. The van der Waals surface area contributed by atoms with Crippen molar-refractivity contribution in [1.29, 1.82) is 0 Å². The Morgan fingerprint density at radius 1 is 1.32 bits per heavy atom. The molecule has 0 bridgehead atoms. The summed E-state index contributed by atoms with van der Waals surface area (Å²) < 4.78 is 0. The van der Waals surface area contributed by atoms with Gasteiger partial charge < -0.3 is 15.1 Å². The number of aliphatic carboxylic acids is 1. The number of hydrogen-bond acceptors (Lipinski definition) is 4. The van der Waals surface area contributed by atoms with Gasteiger partial charge in [-0.15, -0.1) is 0 Å². The van der Waals surface area contributed by atoms with Gasteiger partial charge in [-0.3, -0.25) is 14.4 Å². The van der Waals surface area contributed by atoms with E-state index in [9.17, 15) is 19.5 Å².